The highest BCUT2D eigenvalue weighted by Crippen LogP contribution is 2.14. The number of rotatable bonds is 5. The molecule has 0 atom stereocenters. The van der Waals surface area contributed by atoms with E-state index in [1.165, 1.54) is 6.92 Å². The van der Waals surface area contributed by atoms with E-state index >= 15 is 0 Å². The monoisotopic (exact) mass is 366 g/mol. The van der Waals surface area contributed by atoms with Crippen LogP contribution in [0.2, 0.25) is 0 Å². The number of hydrogen-bond donors (Lipinski definition) is 0. The topological polar surface area (TPSA) is 66.9 Å². The van der Waals surface area contributed by atoms with Crippen LogP contribution in [0.1, 0.15) is 27.6 Å². The normalized spacial score (nSPS) is 14.0. The first-order chi connectivity index (χ1) is 13.0. The number of carbonyl (C=O) groups excluding carboxylic acids is 3. The molecule has 0 aromatic heterocycles. The summed E-state index contributed by atoms with van der Waals surface area (Å²) in [6.45, 7) is 3.36. The number of amides is 2. The van der Waals surface area contributed by atoms with Gasteiger partial charge in [-0.2, -0.15) is 0 Å². The van der Waals surface area contributed by atoms with Crippen molar-refractivity contribution in [2.45, 2.75) is 6.92 Å². The Hall–Kier alpha value is -3.15. The number of carbonyl (C=O) groups is 3. The van der Waals surface area contributed by atoms with Crippen LogP contribution < -0.4 is 4.74 Å². The molecule has 6 heteroatoms. The Labute approximate surface area is 158 Å². The highest BCUT2D eigenvalue weighted by atomic mass is 16.5. The first kappa shape index (κ1) is 18.6. The number of benzene rings is 2. The molecular weight excluding hydrogens is 344 g/mol. The molecule has 1 fully saturated rings. The lowest BCUT2D eigenvalue weighted by atomic mass is 10.1. The fraction of sp³-hybridized carbons (Fsp3) is 0.286. The molecule has 2 aromatic rings. The van der Waals surface area contributed by atoms with E-state index in [-0.39, 0.29) is 24.2 Å². The minimum atomic E-state index is -0.130. The van der Waals surface area contributed by atoms with Crippen LogP contribution in [0.15, 0.2) is 54.6 Å². The summed E-state index contributed by atoms with van der Waals surface area (Å²) in [4.78, 5) is 39.7. The standard InChI is InChI=1S/C21H22N2O4/c1-16(24)18-8-5-9-19(14-18)27-15-20(25)22-10-12-23(13-11-22)21(26)17-6-3-2-4-7-17/h2-9,14H,10-13,15H2,1H3. The number of Topliss-reactive ketones (excluding diaryl/α,β-unsaturated/α-hetero) is 1. The van der Waals surface area contributed by atoms with Gasteiger partial charge in [0.05, 0.1) is 0 Å². The van der Waals surface area contributed by atoms with Gasteiger partial charge in [-0.3, -0.25) is 14.4 Å². The molecule has 0 saturated carbocycles. The van der Waals surface area contributed by atoms with E-state index in [2.05, 4.69) is 0 Å². The van der Waals surface area contributed by atoms with Crippen molar-refractivity contribution >= 4 is 17.6 Å². The van der Waals surface area contributed by atoms with Crippen molar-refractivity contribution in [3.8, 4) is 5.75 Å². The molecule has 2 aromatic carbocycles. The number of hydrogen-bond acceptors (Lipinski definition) is 4. The van der Waals surface area contributed by atoms with E-state index in [0.29, 0.717) is 43.1 Å². The highest BCUT2D eigenvalue weighted by molar-refractivity contribution is 5.95. The van der Waals surface area contributed by atoms with Crippen molar-refractivity contribution < 1.29 is 19.1 Å². The molecule has 0 N–H and O–H groups in total. The third-order valence-electron chi connectivity index (χ3n) is 4.54. The number of ketones is 1. The summed E-state index contributed by atoms with van der Waals surface area (Å²) in [5.74, 6) is 0.301. The third kappa shape index (κ3) is 4.73. The van der Waals surface area contributed by atoms with E-state index in [9.17, 15) is 14.4 Å². The maximum Gasteiger partial charge on any atom is 0.260 e. The molecule has 0 bridgehead atoms. The first-order valence-corrected chi connectivity index (χ1v) is 8.90. The Morgan fingerprint density at radius 3 is 2.15 bits per heavy atom. The second kappa shape index (κ2) is 8.49. The maximum absolute atomic E-state index is 12.4. The Kier molecular flexibility index (Phi) is 5.86. The van der Waals surface area contributed by atoms with Crippen LogP contribution >= 0.6 is 0 Å². The first-order valence-electron chi connectivity index (χ1n) is 8.90. The minimum Gasteiger partial charge on any atom is -0.484 e. The van der Waals surface area contributed by atoms with Gasteiger partial charge in [0.15, 0.2) is 12.4 Å². The summed E-state index contributed by atoms with van der Waals surface area (Å²) in [6.07, 6.45) is 0. The van der Waals surface area contributed by atoms with E-state index in [0.717, 1.165) is 0 Å². The average Bonchev–Trinajstić information content (AvgIpc) is 2.72. The SMILES string of the molecule is CC(=O)c1cccc(OCC(=O)N2CCN(C(=O)c3ccccc3)CC2)c1. The van der Waals surface area contributed by atoms with Crippen molar-refractivity contribution in [3.05, 3.63) is 65.7 Å². The Morgan fingerprint density at radius 1 is 0.852 bits per heavy atom. The van der Waals surface area contributed by atoms with Gasteiger partial charge in [-0.05, 0) is 31.2 Å². The lowest BCUT2D eigenvalue weighted by molar-refractivity contribution is -0.134. The summed E-state index contributed by atoms with van der Waals surface area (Å²) in [5.41, 5.74) is 1.21. The van der Waals surface area contributed by atoms with Crippen LogP contribution in [0.3, 0.4) is 0 Å². The van der Waals surface area contributed by atoms with Crippen molar-refractivity contribution in [2.24, 2.45) is 0 Å². The van der Waals surface area contributed by atoms with Gasteiger partial charge in [-0.25, -0.2) is 0 Å². The predicted molar refractivity (Wildman–Crippen MR) is 101 cm³/mol. The zero-order chi connectivity index (χ0) is 19.2. The zero-order valence-corrected chi connectivity index (χ0v) is 15.3. The molecule has 140 valence electrons. The van der Waals surface area contributed by atoms with Crippen molar-refractivity contribution in [2.75, 3.05) is 32.8 Å². The van der Waals surface area contributed by atoms with Gasteiger partial charge in [-0.1, -0.05) is 30.3 Å². The van der Waals surface area contributed by atoms with Gasteiger partial charge in [-0.15, -0.1) is 0 Å². The van der Waals surface area contributed by atoms with Crippen LogP contribution in [0.4, 0.5) is 0 Å². The molecule has 3 rings (SSSR count). The van der Waals surface area contributed by atoms with Gasteiger partial charge >= 0.3 is 0 Å². The summed E-state index contributed by atoms with van der Waals surface area (Å²) < 4.78 is 5.53. The Bertz CT molecular complexity index is 827. The fourth-order valence-corrected chi connectivity index (χ4v) is 2.96. The third-order valence-corrected chi connectivity index (χ3v) is 4.54. The number of ether oxygens (including phenoxy) is 1. The van der Waals surface area contributed by atoms with Gasteiger partial charge in [0.25, 0.3) is 11.8 Å². The van der Waals surface area contributed by atoms with E-state index in [4.69, 9.17) is 4.74 Å². The van der Waals surface area contributed by atoms with Crippen LogP contribution in [0.25, 0.3) is 0 Å². The molecule has 0 spiro atoms. The molecule has 1 aliphatic rings. The molecule has 0 unspecified atom stereocenters. The number of piperazine rings is 1. The van der Waals surface area contributed by atoms with Gasteiger partial charge in [0, 0.05) is 37.3 Å². The second-order valence-corrected chi connectivity index (χ2v) is 6.41. The lowest BCUT2D eigenvalue weighted by Gasteiger charge is -2.34. The van der Waals surface area contributed by atoms with Gasteiger partial charge in [0.2, 0.25) is 0 Å². The van der Waals surface area contributed by atoms with Crippen LogP contribution in [0, 0.1) is 0 Å². The Balaban J connectivity index is 1.49. The van der Waals surface area contributed by atoms with Crippen LogP contribution in [-0.2, 0) is 4.79 Å². The van der Waals surface area contributed by atoms with Crippen molar-refractivity contribution in [1.82, 2.24) is 9.80 Å². The molecule has 0 aliphatic carbocycles. The molecule has 1 saturated heterocycles. The molecule has 2 amide bonds. The summed E-state index contributed by atoms with van der Waals surface area (Å²) >= 11 is 0. The molecule has 1 heterocycles. The van der Waals surface area contributed by atoms with Crippen LogP contribution in [0.5, 0.6) is 5.75 Å². The second-order valence-electron chi connectivity index (χ2n) is 6.41. The zero-order valence-electron chi connectivity index (χ0n) is 15.3. The highest BCUT2D eigenvalue weighted by Gasteiger charge is 2.24. The molecular formula is C21H22N2O4. The molecule has 1 aliphatic heterocycles. The summed E-state index contributed by atoms with van der Waals surface area (Å²) in [7, 11) is 0. The largest absolute Gasteiger partial charge is 0.484 e. The lowest BCUT2D eigenvalue weighted by Crippen LogP contribution is -2.51. The fourth-order valence-electron chi connectivity index (χ4n) is 2.96. The maximum atomic E-state index is 12.4. The summed E-state index contributed by atoms with van der Waals surface area (Å²) in [6, 6.07) is 15.9. The Morgan fingerprint density at radius 2 is 1.48 bits per heavy atom. The quantitative estimate of drug-likeness (QED) is 0.762. The van der Waals surface area contributed by atoms with E-state index in [1.807, 2.05) is 18.2 Å². The number of nitrogens with zero attached hydrogens (tertiary/aromatic N) is 2. The smallest absolute Gasteiger partial charge is 0.260 e. The van der Waals surface area contributed by atoms with Gasteiger partial charge in [0.1, 0.15) is 5.75 Å². The van der Waals surface area contributed by atoms with Crippen LogP contribution in [-0.4, -0.2) is 60.2 Å². The summed E-state index contributed by atoms with van der Waals surface area (Å²) in [5, 5.41) is 0. The molecule has 0 radical (unpaired) electrons. The minimum absolute atomic E-state index is 0.0139. The van der Waals surface area contributed by atoms with Gasteiger partial charge < -0.3 is 14.5 Å². The van der Waals surface area contributed by atoms with Crippen molar-refractivity contribution in [1.29, 1.82) is 0 Å². The van der Waals surface area contributed by atoms with E-state index in [1.54, 1.807) is 46.2 Å². The predicted octanol–water partition coefficient (Wildman–Crippen LogP) is 2.25. The average molecular weight is 366 g/mol. The van der Waals surface area contributed by atoms with E-state index < -0.39 is 0 Å². The van der Waals surface area contributed by atoms with Crippen molar-refractivity contribution in [3.63, 3.8) is 0 Å². The molecule has 27 heavy (non-hydrogen) atoms. The molecule has 6 nitrogen and oxygen atoms in total.